The topological polar surface area (TPSA) is 29.5 Å². The maximum atomic E-state index is 12.7. The third kappa shape index (κ3) is 4.89. The molecule has 128 valence electrons. The van der Waals surface area contributed by atoms with Crippen LogP contribution in [0.15, 0.2) is 24.3 Å². The van der Waals surface area contributed by atoms with Gasteiger partial charge in [-0.3, -0.25) is 9.69 Å². The molecule has 0 N–H and O–H groups in total. The van der Waals surface area contributed by atoms with E-state index in [1.807, 2.05) is 19.1 Å². The van der Waals surface area contributed by atoms with Crippen LogP contribution in [0.4, 0.5) is 0 Å². The van der Waals surface area contributed by atoms with E-state index in [1.54, 1.807) is 0 Å². The summed E-state index contributed by atoms with van der Waals surface area (Å²) >= 11 is 0. The van der Waals surface area contributed by atoms with E-state index in [2.05, 4.69) is 51.7 Å². The molecule has 3 heteroatoms. The molecule has 3 atom stereocenters. The zero-order chi connectivity index (χ0) is 17.2. The molecule has 0 radical (unpaired) electrons. The Labute approximate surface area is 141 Å². The van der Waals surface area contributed by atoms with Crippen molar-refractivity contribution < 1.29 is 9.53 Å². The Morgan fingerprint density at radius 3 is 2.17 bits per heavy atom. The maximum Gasteiger partial charge on any atom is 0.166 e. The predicted octanol–water partition coefficient (Wildman–Crippen LogP) is 3.91. The van der Waals surface area contributed by atoms with Gasteiger partial charge in [-0.2, -0.15) is 0 Å². The Morgan fingerprint density at radius 2 is 1.70 bits per heavy atom. The molecule has 1 aliphatic heterocycles. The van der Waals surface area contributed by atoms with Crippen molar-refractivity contribution in [2.75, 3.05) is 19.6 Å². The zero-order valence-corrected chi connectivity index (χ0v) is 15.4. The number of morpholine rings is 1. The van der Waals surface area contributed by atoms with E-state index < -0.39 is 0 Å². The standard InChI is InChI=1S/C20H31NO2/c1-14(11-21-12-15(2)23-16(3)13-21)19(22)17-7-9-18(10-8-17)20(4,5)6/h7-10,14-16H,11-13H2,1-6H3. The highest BCUT2D eigenvalue weighted by atomic mass is 16.5. The number of rotatable bonds is 4. The van der Waals surface area contributed by atoms with E-state index in [1.165, 1.54) is 5.56 Å². The highest BCUT2D eigenvalue weighted by molar-refractivity contribution is 5.97. The van der Waals surface area contributed by atoms with E-state index >= 15 is 0 Å². The number of nitrogens with zero attached hydrogens (tertiary/aromatic N) is 1. The van der Waals surface area contributed by atoms with Crippen molar-refractivity contribution in [1.82, 2.24) is 4.90 Å². The molecule has 3 unspecified atom stereocenters. The zero-order valence-electron chi connectivity index (χ0n) is 15.4. The van der Waals surface area contributed by atoms with Crippen molar-refractivity contribution in [2.45, 2.75) is 59.2 Å². The molecule has 0 aromatic heterocycles. The lowest BCUT2D eigenvalue weighted by atomic mass is 9.86. The van der Waals surface area contributed by atoms with Gasteiger partial charge in [0, 0.05) is 31.1 Å². The van der Waals surface area contributed by atoms with Gasteiger partial charge >= 0.3 is 0 Å². The summed E-state index contributed by atoms with van der Waals surface area (Å²) in [6, 6.07) is 8.12. The van der Waals surface area contributed by atoms with Gasteiger partial charge in [0.05, 0.1) is 12.2 Å². The number of Topliss-reactive ketones (excluding diaryl/α,β-unsaturated/α-hetero) is 1. The Bertz CT molecular complexity index is 520. The number of carbonyl (C=O) groups is 1. The van der Waals surface area contributed by atoms with Crippen LogP contribution in [0.5, 0.6) is 0 Å². The van der Waals surface area contributed by atoms with Gasteiger partial charge in [-0.25, -0.2) is 0 Å². The summed E-state index contributed by atoms with van der Waals surface area (Å²) in [6.45, 7) is 15.4. The summed E-state index contributed by atoms with van der Waals surface area (Å²) in [5.41, 5.74) is 2.20. The molecule has 1 heterocycles. The number of ether oxygens (including phenoxy) is 1. The fraction of sp³-hybridized carbons (Fsp3) is 0.650. The molecule has 0 saturated carbocycles. The first-order chi connectivity index (χ1) is 10.7. The molecule has 0 bridgehead atoms. The highest BCUT2D eigenvalue weighted by Gasteiger charge is 2.26. The molecule has 23 heavy (non-hydrogen) atoms. The van der Waals surface area contributed by atoms with Crippen LogP contribution in [0.2, 0.25) is 0 Å². The van der Waals surface area contributed by atoms with Crippen LogP contribution >= 0.6 is 0 Å². The predicted molar refractivity (Wildman–Crippen MR) is 95.1 cm³/mol. The fourth-order valence-corrected chi connectivity index (χ4v) is 3.32. The van der Waals surface area contributed by atoms with Gasteiger partial charge in [0.1, 0.15) is 0 Å². The Balaban J connectivity index is 1.99. The first-order valence-corrected chi connectivity index (χ1v) is 8.69. The fourth-order valence-electron chi connectivity index (χ4n) is 3.32. The number of carbonyl (C=O) groups excluding carboxylic acids is 1. The third-order valence-electron chi connectivity index (χ3n) is 4.51. The van der Waals surface area contributed by atoms with Crippen molar-refractivity contribution in [3.8, 4) is 0 Å². The third-order valence-corrected chi connectivity index (χ3v) is 4.51. The minimum atomic E-state index is 0.00740. The monoisotopic (exact) mass is 317 g/mol. The Kier molecular flexibility index (Phi) is 5.64. The van der Waals surface area contributed by atoms with Crippen molar-refractivity contribution in [3.05, 3.63) is 35.4 Å². The van der Waals surface area contributed by atoms with E-state index in [0.29, 0.717) is 0 Å². The largest absolute Gasteiger partial charge is 0.373 e. The molecule has 1 fully saturated rings. The van der Waals surface area contributed by atoms with E-state index in [-0.39, 0.29) is 29.3 Å². The maximum absolute atomic E-state index is 12.7. The molecule has 1 saturated heterocycles. The summed E-state index contributed by atoms with van der Waals surface area (Å²) in [5.74, 6) is 0.241. The minimum Gasteiger partial charge on any atom is -0.373 e. The van der Waals surface area contributed by atoms with Crippen LogP contribution in [-0.2, 0) is 10.2 Å². The molecule has 2 rings (SSSR count). The first-order valence-electron chi connectivity index (χ1n) is 8.69. The lowest BCUT2D eigenvalue weighted by Crippen LogP contribution is -2.47. The van der Waals surface area contributed by atoms with Crippen LogP contribution in [0.25, 0.3) is 0 Å². The second-order valence-corrected chi connectivity index (χ2v) is 8.07. The smallest absolute Gasteiger partial charge is 0.166 e. The lowest BCUT2D eigenvalue weighted by Gasteiger charge is -2.36. The quantitative estimate of drug-likeness (QED) is 0.789. The van der Waals surface area contributed by atoms with Crippen molar-refractivity contribution in [1.29, 1.82) is 0 Å². The number of ketones is 1. The average Bonchev–Trinajstić information content (AvgIpc) is 2.44. The highest BCUT2D eigenvalue weighted by Crippen LogP contribution is 2.23. The first kappa shape index (κ1) is 18.2. The van der Waals surface area contributed by atoms with Crippen LogP contribution in [0.3, 0.4) is 0 Å². The molecule has 1 aromatic rings. The van der Waals surface area contributed by atoms with Crippen molar-refractivity contribution in [2.24, 2.45) is 5.92 Å². The lowest BCUT2D eigenvalue weighted by molar-refractivity contribution is -0.0700. The Hall–Kier alpha value is -1.19. The van der Waals surface area contributed by atoms with Crippen LogP contribution in [0.1, 0.15) is 57.5 Å². The van der Waals surface area contributed by atoms with Gasteiger partial charge in [0.25, 0.3) is 0 Å². The molecule has 0 aliphatic carbocycles. The summed E-state index contributed by atoms with van der Waals surface area (Å²) in [4.78, 5) is 15.0. The average molecular weight is 317 g/mol. The van der Waals surface area contributed by atoms with E-state index in [9.17, 15) is 4.79 Å². The number of benzene rings is 1. The molecule has 1 aliphatic rings. The van der Waals surface area contributed by atoms with Gasteiger partial charge in [-0.15, -0.1) is 0 Å². The normalized spacial score (nSPS) is 24.4. The number of hydrogen-bond acceptors (Lipinski definition) is 3. The molecule has 3 nitrogen and oxygen atoms in total. The SMILES string of the molecule is CC1CN(CC(C)C(=O)c2ccc(C(C)(C)C)cc2)CC(C)O1. The van der Waals surface area contributed by atoms with Crippen LogP contribution in [-0.4, -0.2) is 42.5 Å². The second-order valence-electron chi connectivity index (χ2n) is 8.07. The summed E-state index contributed by atoms with van der Waals surface area (Å²) in [5, 5.41) is 0. The minimum absolute atomic E-state index is 0.00740. The molecule has 0 spiro atoms. The van der Waals surface area contributed by atoms with Crippen LogP contribution < -0.4 is 0 Å². The van der Waals surface area contributed by atoms with Crippen molar-refractivity contribution in [3.63, 3.8) is 0 Å². The molecule has 0 amide bonds. The van der Waals surface area contributed by atoms with Gasteiger partial charge < -0.3 is 4.74 Å². The summed E-state index contributed by atoms with van der Waals surface area (Å²) < 4.78 is 5.76. The van der Waals surface area contributed by atoms with Gasteiger partial charge in [-0.1, -0.05) is 52.0 Å². The van der Waals surface area contributed by atoms with Crippen LogP contribution in [0, 0.1) is 5.92 Å². The molecular formula is C20H31NO2. The molecular weight excluding hydrogens is 286 g/mol. The Morgan fingerprint density at radius 1 is 1.17 bits per heavy atom. The second kappa shape index (κ2) is 7.14. The van der Waals surface area contributed by atoms with Crippen molar-refractivity contribution >= 4 is 5.78 Å². The van der Waals surface area contributed by atoms with E-state index in [0.717, 1.165) is 25.2 Å². The summed E-state index contributed by atoms with van der Waals surface area (Å²) in [6.07, 6.45) is 0.485. The van der Waals surface area contributed by atoms with Gasteiger partial charge in [0.2, 0.25) is 0 Å². The summed E-state index contributed by atoms with van der Waals surface area (Å²) in [7, 11) is 0. The molecule has 1 aromatic carbocycles. The van der Waals surface area contributed by atoms with Gasteiger partial charge in [0.15, 0.2) is 5.78 Å². The van der Waals surface area contributed by atoms with E-state index in [4.69, 9.17) is 4.74 Å². The van der Waals surface area contributed by atoms with Gasteiger partial charge in [-0.05, 0) is 24.8 Å². The number of hydrogen-bond donors (Lipinski definition) is 0.